The lowest BCUT2D eigenvalue weighted by molar-refractivity contribution is -0.159. The number of nitrogens with zero attached hydrogens (tertiary/aromatic N) is 2. The Morgan fingerprint density at radius 1 is 1.09 bits per heavy atom. The zero-order valence-corrected chi connectivity index (χ0v) is 19.6. The van der Waals surface area contributed by atoms with Gasteiger partial charge in [-0.05, 0) is 44.0 Å². The first kappa shape index (κ1) is 23.1. The summed E-state index contributed by atoms with van der Waals surface area (Å²) in [6, 6.07) is 5.93. The summed E-state index contributed by atoms with van der Waals surface area (Å²) in [6.07, 6.45) is 8.17. The van der Waals surface area contributed by atoms with Crippen molar-refractivity contribution >= 4 is 35.1 Å². The number of rotatable bonds is 4. The van der Waals surface area contributed by atoms with Crippen molar-refractivity contribution in [3.05, 3.63) is 53.6 Å². The van der Waals surface area contributed by atoms with Crippen molar-refractivity contribution in [3.8, 4) is 0 Å². The average Bonchev–Trinajstić information content (AvgIpc) is 3.12. The van der Waals surface area contributed by atoms with E-state index in [4.69, 9.17) is 21.1 Å². The number of cyclic esters (lactones) is 1. The number of hydrogen-bond acceptors (Lipinski definition) is 6. The van der Waals surface area contributed by atoms with Crippen molar-refractivity contribution in [1.29, 1.82) is 0 Å². The van der Waals surface area contributed by atoms with Crippen molar-refractivity contribution in [2.75, 3.05) is 31.2 Å². The van der Waals surface area contributed by atoms with Crippen molar-refractivity contribution in [3.63, 3.8) is 0 Å². The fraction of sp³-hybridized carbons (Fsp3) is 0.480. The molecule has 5 atom stereocenters. The molecule has 34 heavy (non-hydrogen) atoms. The lowest BCUT2D eigenvalue weighted by atomic mass is 9.74. The second-order valence-corrected chi connectivity index (χ2v) is 9.73. The van der Waals surface area contributed by atoms with Crippen molar-refractivity contribution in [2.45, 2.75) is 37.0 Å². The standard InChI is InChI=1S/C25H27ClN2O6/c1-24-10-2-3-15-33-23(32)19(24)18-21(30)28(13-5-14-29)20-22(31)27(12-4-11-25(18,20)34-24)17-8-6-16(26)7-9-17/h2,4,6-11,18-20,29H,3,5,12-15H2,1H3/t18-,19-,20?,24+,25-/m0/s1. The third kappa shape index (κ3) is 3.39. The number of fused-ring (bicyclic) bond motifs is 2. The van der Waals surface area contributed by atoms with E-state index in [1.807, 2.05) is 18.2 Å². The zero-order valence-electron chi connectivity index (χ0n) is 18.9. The first-order chi connectivity index (χ1) is 16.3. The van der Waals surface area contributed by atoms with Crippen LogP contribution < -0.4 is 4.90 Å². The number of carbonyl (C=O) groups excluding carboxylic acids is 3. The first-order valence-corrected chi connectivity index (χ1v) is 11.9. The molecule has 2 amide bonds. The summed E-state index contributed by atoms with van der Waals surface area (Å²) in [5.41, 5.74) is -1.79. The number of amides is 2. The summed E-state index contributed by atoms with van der Waals surface area (Å²) in [7, 11) is 0. The Morgan fingerprint density at radius 2 is 1.85 bits per heavy atom. The van der Waals surface area contributed by atoms with Crippen LogP contribution in [0.4, 0.5) is 5.69 Å². The van der Waals surface area contributed by atoms with Crippen LogP contribution in [0.3, 0.4) is 0 Å². The second-order valence-electron chi connectivity index (χ2n) is 9.29. The van der Waals surface area contributed by atoms with Crippen LogP contribution in [0.2, 0.25) is 5.02 Å². The molecule has 0 radical (unpaired) electrons. The number of esters is 1. The maximum atomic E-state index is 14.1. The van der Waals surface area contributed by atoms with Gasteiger partial charge in [0.1, 0.15) is 17.6 Å². The lowest BCUT2D eigenvalue weighted by Gasteiger charge is -2.37. The van der Waals surface area contributed by atoms with Gasteiger partial charge in [-0.15, -0.1) is 0 Å². The van der Waals surface area contributed by atoms with Gasteiger partial charge in [0.15, 0.2) is 0 Å². The molecule has 9 heteroatoms. The van der Waals surface area contributed by atoms with E-state index < -0.39 is 35.0 Å². The minimum absolute atomic E-state index is 0.133. The largest absolute Gasteiger partial charge is 0.465 e. The number of aliphatic hydroxyl groups is 1. The summed E-state index contributed by atoms with van der Waals surface area (Å²) < 4.78 is 12.1. The van der Waals surface area contributed by atoms with Gasteiger partial charge in [-0.3, -0.25) is 14.4 Å². The summed E-state index contributed by atoms with van der Waals surface area (Å²) in [6.45, 7) is 2.32. The Balaban J connectivity index is 1.63. The Hall–Kier alpha value is -2.68. The molecule has 0 bridgehead atoms. The highest BCUT2D eigenvalue weighted by molar-refractivity contribution is 6.30. The predicted molar refractivity (Wildman–Crippen MR) is 124 cm³/mol. The van der Waals surface area contributed by atoms with Crippen LogP contribution in [0.15, 0.2) is 48.6 Å². The molecule has 1 N–H and O–H groups in total. The molecule has 4 aliphatic heterocycles. The van der Waals surface area contributed by atoms with Gasteiger partial charge in [-0.25, -0.2) is 0 Å². The van der Waals surface area contributed by atoms with E-state index in [9.17, 15) is 19.5 Å². The highest BCUT2D eigenvalue weighted by Crippen LogP contribution is 2.57. The normalized spacial score (nSPS) is 34.8. The first-order valence-electron chi connectivity index (χ1n) is 11.5. The third-order valence-corrected chi connectivity index (χ3v) is 7.47. The van der Waals surface area contributed by atoms with Crippen LogP contribution in [0, 0.1) is 11.8 Å². The molecule has 0 saturated carbocycles. The van der Waals surface area contributed by atoms with Crippen LogP contribution >= 0.6 is 11.6 Å². The minimum atomic E-state index is -1.34. The molecule has 4 aliphatic rings. The van der Waals surface area contributed by atoms with E-state index in [-0.39, 0.29) is 38.1 Å². The van der Waals surface area contributed by atoms with Crippen LogP contribution in [0.5, 0.6) is 0 Å². The minimum Gasteiger partial charge on any atom is -0.465 e. The van der Waals surface area contributed by atoms with Gasteiger partial charge in [-0.2, -0.15) is 0 Å². The number of halogens is 1. The molecule has 4 heterocycles. The fourth-order valence-electron chi connectivity index (χ4n) is 5.82. The summed E-state index contributed by atoms with van der Waals surface area (Å²) >= 11 is 6.04. The molecule has 2 fully saturated rings. The highest BCUT2D eigenvalue weighted by atomic mass is 35.5. The Morgan fingerprint density at radius 3 is 2.59 bits per heavy atom. The van der Waals surface area contributed by atoms with Crippen LogP contribution in [0.25, 0.3) is 0 Å². The summed E-state index contributed by atoms with van der Waals surface area (Å²) in [5, 5.41) is 10.0. The van der Waals surface area contributed by atoms with Gasteiger partial charge >= 0.3 is 5.97 Å². The van der Waals surface area contributed by atoms with Gasteiger partial charge in [-0.1, -0.05) is 35.9 Å². The number of hydrogen-bond donors (Lipinski definition) is 1. The SMILES string of the molecule is C[C@@]12C=CCCOC(=O)[C@@H]1[C@H]1C(=O)N(CCCO)C3C(=O)N(c4ccc(Cl)cc4)CC=C[C@@]31O2. The van der Waals surface area contributed by atoms with Crippen molar-refractivity contribution < 1.29 is 29.0 Å². The fourth-order valence-corrected chi connectivity index (χ4v) is 5.95. The van der Waals surface area contributed by atoms with Gasteiger partial charge < -0.3 is 24.4 Å². The third-order valence-electron chi connectivity index (χ3n) is 7.22. The van der Waals surface area contributed by atoms with Gasteiger partial charge in [0.05, 0.1) is 18.1 Å². The molecular formula is C25H27ClN2O6. The van der Waals surface area contributed by atoms with Gasteiger partial charge in [0.25, 0.3) is 5.91 Å². The molecule has 2 saturated heterocycles. The zero-order chi connectivity index (χ0) is 24.1. The van der Waals surface area contributed by atoms with E-state index in [1.54, 1.807) is 42.2 Å². The van der Waals surface area contributed by atoms with Crippen LogP contribution in [0.1, 0.15) is 19.8 Å². The van der Waals surface area contributed by atoms with Crippen molar-refractivity contribution in [2.24, 2.45) is 11.8 Å². The van der Waals surface area contributed by atoms with Gasteiger partial charge in [0, 0.05) is 30.4 Å². The molecule has 1 aromatic carbocycles. The smallest absolute Gasteiger partial charge is 0.313 e. The number of likely N-dealkylation sites (tertiary alicyclic amines) is 1. The number of aliphatic hydroxyl groups excluding tert-OH is 1. The molecule has 1 aromatic rings. The molecule has 0 aromatic heterocycles. The Kier molecular flexibility index (Phi) is 5.78. The average molecular weight is 487 g/mol. The van der Waals surface area contributed by atoms with E-state index in [2.05, 4.69) is 0 Å². The van der Waals surface area contributed by atoms with E-state index >= 15 is 0 Å². The number of anilines is 1. The van der Waals surface area contributed by atoms with Crippen LogP contribution in [-0.2, 0) is 23.9 Å². The second kappa shape index (κ2) is 8.52. The molecule has 1 spiro atoms. The molecule has 180 valence electrons. The number of carbonyl (C=O) groups is 3. The lowest BCUT2D eigenvalue weighted by Crippen LogP contribution is -2.56. The maximum Gasteiger partial charge on any atom is 0.313 e. The topological polar surface area (TPSA) is 96.4 Å². The number of ether oxygens (including phenoxy) is 2. The summed E-state index contributed by atoms with van der Waals surface area (Å²) in [4.78, 5) is 44.1. The Labute approximate surface area is 202 Å². The van der Waals surface area contributed by atoms with Gasteiger partial charge in [0.2, 0.25) is 5.91 Å². The van der Waals surface area contributed by atoms with E-state index in [1.165, 1.54) is 4.90 Å². The highest BCUT2D eigenvalue weighted by Gasteiger charge is 2.74. The Bertz CT molecular complexity index is 1070. The predicted octanol–water partition coefficient (Wildman–Crippen LogP) is 2.10. The monoisotopic (exact) mass is 486 g/mol. The molecular weight excluding hydrogens is 460 g/mol. The molecule has 1 unspecified atom stereocenters. The van der Waals surface area contributed by atoms with E-state index in [0.717, 1.165) is 0 Å². The molecule has 8 nitrogen and oxygen atoms in total. The van der Waals surface area contributed by atoms with Crippen molar-refractivity contribution in [1.82, 2.24) is 4.90 Å². The van der Waals surface area contributed by atoms with Crippen LogP contribution in [-0.4, -0.2) is 71.3 Å². The van der Waals surface area contributed by atoms with E-state index in [0.29, 0.717) is 23.6 Å². The molecule has 0 aliphatic carbocycles. The quantitative estimate of drug-likeness (QED) is 0.517. The maximum absolute atomic E-state index is 14.1. The molecule has 5 rings (SSSR count). The summed E-state index contributed by atoms with van der Waals surface area (Å²) in [5.74, 6) is -2.95. The number of benzene rings is 1.